The van der Waals surface area contributed by atoms with Crippen molar-refractivity contribution < 1.29 is 8.78 Å². The van der Waals surface area contributed by atoms with Gasteiger partial charge in [-0.05, 0) is 28.9 Å². The third kappa shape index (κ3) is 3.03. The first-order valence-electron chi connectivity index (χ1n) is 5.66. The predicted molar refractivity (Wildman–Crippen MR) is 66.8 cm³/mol. The summed E-state index contributed by atoms with van der Waals surface area (Å²) in [5.41, 5.74) is 0.416. The van der Waals surface area contributed by atoms with E-state index in [9.17, 15) is 8.78 Å². The molecule has 0 unspecified atom stereocenters. The quantitative estimate of drug-likeness (QED) is 0.845. The lowest BCUT2D eigenvalue weighted by molar-refractivity contribution is 0.197. The second-order valence-corrected chi connectivity index (χ2v) is 5.28. The number of benzene rings is 1. The van der Waals surface area contributed by atoms with Crippen LogP contribution in [-0.4, -0.2) is 30.6 Å². The van der Waals surface area contributed by atoms with E-state index in [-0.39, 0.29) is 4.47 Å². The molecule has 0 amide bonds. The van der Waals surface area contributed by atoms with E-state index >= 15 is 0 Å². The fourth-order valence-corrected chi connectivity index (χ4v) is 2.39. The highest BCUT2D eigenvalue weighted by Gasteiger charge is 2.18. The topological polar surface area (TPSA) is 15.3 Å². The standard InChI is InChI=1S/C12H15BrF2N2/c1-8-6-17(5-4-16-8)7-9-2-3-10(13)12(15)11(9)14/h2-3,8,16H,4-7H2,1H3/t8-/m1/s1. The largest absolute Gasteiger partial charge is 0.312 e. The van der Waals surface area contributed by atoms with Crippen molar-refractivity contribution in [1.29, 1.82) is 0 Å². The molecule has 1 heterocycles. The Hall–Kier alpha value is -0.520. The van der Waals surface area contributed by atoms with E-state index in [0.29, 0.717) is 18.2 Å². The lowest BCUT2D eigenvalue weighted by atomic mass is 10.1. The molecule has 2 nitrogen and oxygen atoms in total. The summed E-state index contributed by atoms with van der Waals surface area (Å²) in [6.45, 7) is 5.16. The van der Waals surface area contributed by atoms with Gasteiger partial charge in [0, 0.05) is 37.8 Å². The molecule has 94 valence electrons. The fraction of sp³-hybridized carbons (Fsp3) is 0.500. The van der Waals surface area contributed by atoms with Gasteiger partial charge in [0.15, 0.2) is 11.6 Å². The number of nitrogens with zero attached hydrogens (tertiary/aromatic N) is 1. The van der Waals surface area contributed by atoms with E-state index in [4.69, 9.17) is 0 Å². The number of halogens is 3. The van der Waals surface area contributed by atoms with E-state index in [1.807, 2.05) is 0 Å². The summed E-state index contributed by atoms with van der Waals surface area (Å²) in [7, 11) is 0. The molecule has 1 aromatic carbocycles. The molecule has 0 radical (unpaired) electrons. The van der Waals surface area contributed by atoms with Crippen LogP contribution in [0.15, 0.2) is 16.6 Å². The van der Waals surface area contributed by atoms with Gasteiger partial charge in [-0.15, -0.1) is 0 Å². The second kappa shape index (κ2) is 5.42. The zero-order valence-corrected chi connectivity index (χ0v) is 11.2. The number of nitrogens with one attached hydrogen (secondary N) is 1. The molecule has 2 rings (SSSR count). The smallest absolute Gasteiger partial charge is 0.173 e. The molecule has 1 fully saturated rings. The molecular formula is C12H15BrF2N2. The van der Waals surface area contributed by atoms with Crippen molar-refractivity contribution in [1.82, 2.24) is 10.2 Å². The second-order valence-electron chi connectivity index (χ2n) is 4.42. The molecule has 0 bridgehead atoms. The summed E-state index contributed by atoms with van der Waals surface area (Å²) < 4.78 is 27.2. The molecule has 1 N–H and O–H groups in total. The monoisotopic (exact) mass is 304 g/mol. The van der Waals surface area contributed by atoms with Crippen molar-refractivity contribution in [3.05, 3.63) is 33.8 Å². The van der Waals surface area contributed by atoms with Gasteiger partial charge in [0.1, 0.15) is 0 Å². The Labute approximate surface area is 108 Å². The molecule has 1 atom stereocenters. The van der Waals surface area contributed by atoms with Crippen LogP contribution in [0, 0.1) is 11.6 Å². The molecule has 17 heavy (non-hydrogen) atoms. The molecule has 0 spiro atoms. The SMILES string of the molecule is C[C@@H]1CN(Cc2ccc(Br)c(F)c2F)CCN1. The van der Waals surface area contributed by atoms with Crippen molar-refractivity contribution in [2.24, 2.45) is 0 Å². The Morgan fingerprint density at radius 2 is 2.18 bits per heavy atom. The summed E-state index contributed by atoms with van der Waals surface area (Å²) in [6, 6.07) is 3.58. The summed E-state index contributed by atoms with van der Waals surface area (Å²) >= 11 is 2.98. The van der Waals surface area contributed by atoms with E-state index in [1.165, 1.54) is 0 Å². The minimum Gasteiger partial charge on any atom is -0.312 e. The van der Waals surface area contributed by atoms with Crippen LogP contribution in [0.4, 0.5) is 8.78 Å². The van der Waals surface area contributed by atoms with Crippen LogP contribution in [0.3, 0.4) is 0 Å². The Bertz CT molecular complexity index is 412. The van der Waals surface area contributed by atoms with Gasteiger partial charge in [-0.2, -0.15) is 0 Å². The van der Waals surface area contributed by atoms with Crippen molar-refractivity contribution in [3.8, 4) is 0 Å². The van der Waals surface area contributed by atoms with Crippen molar-refractivity contribution in [2.45, 2.75) is 19.5 Å². The Morgan fingerprint density at radius 3 is 2.88 bits per heavy atom. The number of hydrogen-bond acceptors (Lipinski definition) is 2. The molecule has 0 aliphatic carbocycles. The number of rotatable bonds is 2. The minimum atomic E-state index is -0.800. The molecule has 0 aromatic heterocycles. The maximum absolute atomic E-state index is 13.7. The molecule has 1 aromatic rings. The van der Waals surface area contributed by atoms with E-state index in [0.717, 1.165) is 19.6 Å². The Kier molecular flexibility index (Phi) is 4.12. The fourth-order valence-electron chi connectivity index (χ4n) is 2.08. The van der Waals surface area contributed by atoms with E-state index in [1.54, 1.807) is 12.1 Å². The van der Waals surface area contributed by atoms with Gasteiger partial charge >= 0.3 is 0 Å². The van der Waals surface area contributed by atoms with Crippen LogP contribution in [0.25, 0.3) is 0 Å². The third-order valence-electron chi connectivity index (χ3n) is 2.96. The normalized spacial score (nSPS) is 21.8. The highest BCUT2D eigenvalue weighted by atomic mass is 79.9. The maximum atomic E-state index is 13.7. The zero-order chi connectivity index (χ0) is 12.4. The highest BCUT2D eigenvalue weighted by Crippen LogP contribution is 2.22. The van der Waals surface area contributed by atoms with E-state index < -0.39 is 11.6 Å². The van der Waals surface area contributed by atoms with Gasteiger partial charge in [-0.3, -0.25) is 4.90 Å². The molecule has 0 saturated carbocycles. The van der Waals surface area contributed by atoms with Crippen molar-refractivity contribution in [3.63, 3.8) is 0 Å². The van der Waals surface area contributed by atoms with Gasteiger partial charge in [0.05, 0.1) is 4.47 Å². The van der Waals surface area contributed by atoms with Gasteiger partial charge in [-0.1, -0.05) is 6.07 Å². The van der Waals surface area contributed by atoms with Gasteiger partial charge in [0.2, 0.25) is 0 Å². The number of hydrogen-bond donors (Lipinski definition) is 1. The third-order valence-corrected chi connectivity index (χ3v) is 3.57. The first-order chi connectivity index (χ1) is 8.08. The molecule has 1 saturated heterocycles. The molecule has 5 heteroatoms. The summed E-state index contributed by atoms with van der Waals surface area (Å²) in [4.78, 5) is 2.13. The highest BCUT2D eigenvalue weighted by molar-refractivity contribution is 9.10. The first kappa shape index (κ1) is 12.9. The van der Waals surface area contributed by atoms with Crippen LogP contribution in [0.5, 0.6) is 0 Å². The number of piperazine rings is 1. The molecular weight excluding hydrogens is 290 g/mol. The minimum absolute atomic E-state index is 0.174. The van der Waals surface area contributed by atoms with Gasteiger partial charge < -0.3 is 5.32 Å². The van der Waals surface area contributed by atoms with Crippen LogP contribution in [0.1, 0.15) is 12.5 Å². The maximum Gasteiger partial charge on any atom is 0.173 e. The lowest BCUT2D eigenvalue weighted by Crippen LogP contribution is -2.48. The first-order valence-corrected chi connectivity index (χ1v) is 6.45. The van der Waals surface area contributed by atoms with E-state index in [2.05, 4.69) is 33.1 Å². The van der Waals surface area contributed by atoms with Crippen LogP contribution in [0.2, 0.25) is 0 Å². The lowest BCUT2D eigenvalue weighted by Gasteiger charge is -2.31. The molecule has 1 aliphatic rings. The predicted octanol–water partition coefficient (Wildman–Crippen LogP) is 2.52. The van der Waals surface area contributed by atoms with Gasteiger partial charge in [0.25, 0.3) is 0 Å². The van der Waals surface area contributed by atoms with Crippen LogP contribution in [-0.2, 0) is 6.54 Å². The van der Waals surface area contributed by atoms with Crippen LogP contribution < -0.4 is 5.32 Å². The van der Waals surface area contributed by atoms with Crippen molar-refractivity contribution in [2.75, 3.05) is 19.6 Å². The zero-order valence-electron chi connectivity index (χ0n) is 9.64. The van der Waals surface area contributed by atoms with Crippen molar-refractivity contribution >= 4 is 15.9 Å². The average molecular weight is 305 g/mol. The van der Waals surface area contributed by atoms with Crippen LogP contribution >= 0.6 is 15.9 Å². The summed E-state index contributed by atoms with van der Waals surface area (Å²) in [6.07, 6.45) is 0. The van der Waals surface area contributed by atoms with Gasteiger partial charge in [-0.25, -0.2) is 8.78 Å². The molecule has 1 aliphatic heterocycles. The Balaban J connectivity index is 2.10. The average Bonchev–Trinajstić information content (AvgIpc) is 2.30. The Morgan fingerprint density at radius 1 is 1.41 bits per heavy atom. The summed E-state index contributed by atoms with van der Waals surface area (Å²) in [5, 5.41) is 3.32. The summed E-state index contributed by atoms with van der Waals surface area (Å²) in [5.74, 6) is -1.55.